The molecule has 3 heterocycles. The molecule has 0 aliphatic carbocycles. The van der Waals surface area contributed by atoms with Crippen LogP contribution in [0.3, 0.4) is 0 Å². The molecule has 6 rings (SSSR count). The molecule has 40 heavy (non-hydrogen) atoms. The molecular weight excluding hydrogens is 520 g/mol. The highest BCUT2D eigenvalue weighted by molar-refractivity contribution is 7.16. The van der Waals surface area contributed by atoms with E-state index in [2.05, 4.69) is 53.6 Å². The van der Waals surface area contributed by atoms with Gasteiger partial charge in [-0.2, -0.15) is 0 Å². The zero-order valence-electron chi connectivity index (χ0n) is 21.6. The minimum atomic E-state index is -0.668. The first kappa shape index (κ1) is 25.5. The van der Waals surface area contributed by atoms with Crippen molar-refractivity contribution in [1.29, 1.82) is 0 Å². The summed E-state index contributed by atoms with van der Waals surface area (Å²) in [6, 6.07) is 31.9. The minimum absolute atomic E-state index is 0.178. The van der Waals surface area contributed by atoms with Gasteiger partial charge >= 0.3 is 0 Å². The van der Waals surface area contributed by atoms with Crippen LogP contribution in [0.2, 0.25) is 0 Å². The van der Waals surface area contributed by atoms with Gasteiger partial charge in [0.2, 0.25) is 0 Å². The number of halogens is 2. The van der Waals surface area contributed by atoms with E-state index in [-0.39, 0.29) is 5.69 Å². The maximum Gasteiger partial charge on any atom is 0.149 e. The molecule has 0 radical (unpaired) electrons. The van der Waals surface area contributed by atoms with Crippen LogP contribution in [0, 0.1) is 23.5 Å². The molecule has 3 aromatic heterocycles. The van der Waals surface area contributed by atoms with Crippen LogP contribution in [0.1, 0.15) is 28.0 Å². The van der Waals surface area contributed by atoms with Gasteiger partial charge in [0.25, 0.3) is 0 Å². The van der Waals surface area contributed by atoms with Gasteiger partial charge in [0.05, 0.1) is 15.4 Å². The van der Waals surface area contributed by atoms with Crippen molar-refractivity contribution >= 4 is 28.5 Å². The number of thiophene rings is 1. The summed E-state index contributed by atoms with van der Waals surface area (Å²) >= 11 is 1.52. The summed E-state index contributed by atoms with van der Waals surface area (Å²) in [7, 11) is 0. The van der Waals surface area contributed by atoms with Crippen LogP contribution >= 0.6 is 11.3 Å². The lowest BCUT2D eigenvalue weighted by molar-refractivity contribution is 0.586. The maximum absolute atomic E-state index is 14.6. The van der Waals surface area contributed by atoms with E-state index >= 15 is 0 Å². The van der Waals surface area contributed by atoms with E-state index in [1.54, 1.807) is 0 Å². The fraction of sp³-hybridized carbons (Fsp3) is 0.0882. The Bertz CT molecular complexity index is 1830. The molecule has 0 atom stereocenters. The molecule has 196 valence electrons. The Kier molecular flexibility index (Phi) is 7.39. The smallest absolute Gasteiger partial charge is 0.149 e. The van der Waals surface area contributed by atoms with E-state index in [0.717, 1.165) is 46.3 Å². The molecular formula is C34H25F2N3S. The average molecular weight is 546 g/mol. The van der Waals surface area contributed by atoms with Crippen molar-refractivity contribution in [2.24, 2.45) is 0 Å². The van der Waals surface area contributed by atoms with E-state index in [4.69, 9.17) is 4.98 Å². The van der Waals surface area contributed by atoms with Crippen molar-refractivity contribution in [2.45, 2.75) is 19.3 Å². The van der Waals surface area contributed by atoms with E-state index < -0.39 is 11.6 Å². The Labute approximate surface area is 235 Å². The number of nitrogens with zero attached hydrogens (tertiary/aromatic N) is 2. The molecule has 0 bridgehead atoms. The average Bonchev–Trinajstić information content (AvgIpc) is 3.59. The summed E-state index contributed by atoms with van der Waals surface area (Å²) in [4.78, 5) is 6.75. The summed E-state index contributed by atoms with van der Waals surface area (Å²) in [6.07, 6.45) is 4.90. The minimum Gasteiger partial charge on any atom is -0.337 e. The number of anilines is 2. The van der Waals surface area contributed by atoms with Crippen LogP contribution in [0.5, 0.6) is 0 Å². The van der Waals surface area contributed by atoms with Crippen molar-refractivity contribution in [3.05, 3.63) is 143 Å². The lowest BCUT2D eigenvalue weighted by Gasteiger charge is -2.10. The van der Waals surface area contributed by atoms with Gasteiger partial charge in [0.1, 0.15) is 28.8 Å². The predicted molar refractivity (Wildman–Crippen MR) is 159 cm³/mol. The summed E-state index contributed by atoms with van der Waals surface area (Å²) < 4.78 is 30.1. The molecule has 6 aromatic rings. The number of benzene rings is 3. The topological polar surface area (TPSA) is 29.3 Å². The zero-order chi connectivity index (χ0) is 27.3. The second-order valence-corrected chi connectivity index (χ2v) is 10.5. The monoisotopic (exact) mass is 545 g/mol. The first-order valence-electron chi connectivity index (χ1n) is 13.1. The Balaban J connectivity index is 1.33. The Hall–Kier alpha value is -4.73. The van der Waals surface area contributed by atoms with Crippen molar-refractivity contribution < 1.29 is 8.78 Å². The molecule has 3 nitrogen and oxygen atoms in total. The fourth-order valence-corrected chi connectivity index (χ4v) is 5.43. The number of fused-ring (bicyclic) bond motifs is 1. The third kappa shape index (κ3) is 5.80. The maximum atomic E-state index is 14.6. The predicted octanol–water partition coefficient (Wildman–Crippen LogP) is 8.66. The standard InChI is InChI=1S/C34H25F2N3S/c35-27-15-18-30(29(36)23-27)37-34-33(31-19-17-28(40-31)16-14-25-10-5-2-6-11-25)38-32-22-26(20-21-39(32)34)13-7-12-24-8-3-1-4-9-24/h1-6,8-11,15,17-23,37H,7,12-13H2. The van der Waals surface area contributed by atoms with Crippen LogP contribution < -0.4 is 5.32 Å². The Morgan fingerprint density at radius 1 is 0.775 bits per heavy atom. The SMILES string of the molecule is Fc1ccc(Nc2c(-c3ccc(C#Cc4ccccc4)s3)nc3cc(CCCc4ccccc4)ccn23)c(F)c1. The van der Waals surface area contributed by atoms with Crippen molar-refractivity contribution in [3.8, 4) is 22.4 Å². The highest BCUT2D eigenvalue weighted by Gasteiger charge is 2.18. The molecule has 1 N–H and O–H groups in total. The lowest BCUT2D eigenvalue weighted by Crippen LogP contribution is -2.00. The van der Waals surface area contributed by atoms with Gasteiger partial charge in [-0.1, -0.05) is 60.4 Å². The van der Waals surface area contributed by atoms with E-state index in [1.807, 2.05) is 59.1 Å². The number of rotatable bonds is 7. The van der Waals surface area contributed by atoms with Crippen molar-refractivity contribution in [1.82, 2.24) is 9.38 Å². The zero-order valence-corrected chi connectivity index (χ0v) is 22.4. The third-order valence-electron chi connectivity index (χ3n) is 6.59. The van der Waals surface area contributed by atoms with Gasteiger partial charge in [-0.15, -0.1) is 11.3 Å². The van der Waals surface area contributed by atoms with E-state index in [1.165, 1.54) is 34.6 Å². The first-order chi connectivity index (χ1) is 19.6. The summed E-state index contributed by atoms with van der Waals surface area (Å²) in [6.45, 7) is 0. The van der Waals surface area contributed by atoms with E-state index in [9.17, 15) is 8.78 Å². The summed E-state index contributed by atoms with van der Waals surface area (Å²) in [5.41, 5.74) is 5.06. The number of hydrogen-bond donors (Lipinski definition) is 1. The van der Waals surface area contributed by atoms with Gasteiger partial charge in [-0.25, -0.2) is 13.8 Å². The van der Waals surface area contributed by atoms with Crippen molar-refractivity contribution in [2.75, 3.05) is 5.32 Å². The number of hydrogen-bond acceptors (Lipinski definition) is 3. The van der Waals surface area contributed by atoms with Crippen LogP contribution in [-0.4, -0.2) is 9.38 Å². The largest absolute Gasteiger partial charge is 0.337 e. The number of pyridine rings is 1. The van der Waals surface area contributed by atoms with Gasteiger partial charge < -0.3 is 5.32 Å². The van der Waals surface area contributed by atoms with Crippen LogP contribution in [0.15, 0.2) is 109 Å². The van der Waals surface area contributed by atoms with E-state index in [0.29, 0.717) is 11.5 Å². The molecule has 0 aliphatic rings. The van der Waals surface area contributed by atoms with Gasteiger partial charge in [-0.3, -0.25) is 4.40 Å². The molecule has 3 aromatic carbocycles. The molecule has 0 spiro atoms. The molecule has 0 amide bonds. The van der Waals surface area contributed by atoms with Gasteiger partial charge in [0, 0.05) is 17.8 Å². The molecule has 0 fully saturated rings. The number of nitrogens with one attached hydrogen (secondary N) is 1. The Morgan fingerprint density at radius 3 is 2.35 bits per heavy atom. The van der Waals surface area contributed by atoms with Crippen LogP contribution in [-0.2, 0) is 12.8 Å². The van der Waals surface area contributed by atoms with Gasteiger partial charge in [0.15, 0.2) is 0 Å². The number of aromatic nitrogens is 2. The molecule has 6 heteroatoms. The molecule has 0 saturated heterocycles. The number of imidazole rings is 1. The third-order valence-corrected chi connectivity index (χ3v) is 7.60. The van der Waals surface area contributed by atoms with Crippen LogP contribution in [0.4, 0.5) is 20.3 Å². The number of aryl methyl sites for hydroxylation is 2. The fourth-order valence-electron chi connectivity index (χ4n) is 4.58. The molecule has 0 saturated carbocycles. The summed E-state index contributed by atoms with van der Waals surface area (Å²) in [5, 5.41) is 3.17. The summed E-state index contributed by atoms with van der Waals surface area (Å²) in [5.74, 6) is 5.74. The van der Waals surface area contributed by atoms with Gasteiger partial charge in [-0.05, 0) is 78.9 Å². The van der Waals surface area contributed by atoms with Crippen molar-refractivity contribution in [3.63, 3.8) is 0 Å². The quantitative estimate of drug-likeness (QED) is 0.203. The highest BCUT2D eigenvalue weighted by atomic mass is 32.1. The first-order valence-corrected chi connectivity index (χ1v) is 13.9. The normalized spacial score (nSPS) is 10.8. The second kappa shape index (κ2) is 11.6. The lowest BCUT2D eigenvalue weighted by atomic mass is 10.0. The Morgan fingerprint density at radius 2 is 1.55 bits per heavy atom. The molecule has 0 unspecified atom stereocenters. The van der Waals surface area contributed by atoms with Crippen LogP contribution in [0.25, 0.3) is 16.2 Å². The molecule has 0 aliphatic heterocycles. The second-order valence-electron chi connectivity index (χ2n) is 9.44. The highest BCUT2D eigenvalue weighted by Crippen LogP contribution is 2.36.